The molecule has 7 nitrogen and oxygen atoms in total. The average Bonchev–Trinajstić information content (AvgIpc) is 3.28. The number of nitrogens with zero attached hydrogens (tertiary/aromatic N) is 2. The fourth-order valence-corrected chi connectivity index (χ4v) is 3.82. The van der Waals surface area contributed by atoms with Gasteiger partial charge in [0, 0.05) is 31.4 Å². The van der Waals surface area contributed by atoms with Crippen LogP contribution in [0.4, 0.5) is 29.1 Å². The summed E-state index contributed by atoms with van der Waals surface area (Å²) in [6.45, 7) is 3.65. The second kappa shape index (κ2) is 12.5. The number of halogens is 4. The smallest absolute Gasteiger partial charge is 0.371 e. The van der Waals surface area contributed by atoms with Crippen LogP contribution in [0.1, 0.15) is 38.3 Å². The molecule has 0 saturated carbocycles. The highest BCUT2D eigenvalue weighted by Gasteiger charge is 2.32. The average molecular weight is 532 g/mol. The van der Waals surface area contributed by atoms with E-state index < -0.39 is 34.9 Å². The summed E-state index contributed by atoms with van der Waals surface area (Å²) >= 11 is 0. The highest BCUT2D eigenvalue weighted by atomic mass is 19.4. The van der Waals surface area contributed by atoms with E-state index in [2.05, 4.69) is 44.9 Å². The van der Waals surface area contributed by atoms with Crippen LogP contribution in [0.25, 0.3) is 0 Å². The van der Waals surface area contributed by atoms with Gasteiger partial charge in [-0.3, -0.25) is 9.59 Å². The Labute approximate surface area is 218 Å². The van der Waals surface area contributed by atoms with Crippen molar-refractivity contribution in [1.82, 2.24) is 15.2 Å². The van der Waals surface area contributed by atoms with Gasteiger partial charge in [0.25, 0.3) is 11.8 Å². The summed E-state index contributed by atoms with van der Waals surface area (Å²) in [4.78, 5) is 31.2. The summed E-state index contributed by atoms with van der Waals surface area (Å²) in [5.74, 6) is -2.37. The molecule has 1 saturated heterocycles. The summed E-state index contributed by atoms with van der Waals surface area (Å²) in [6, 6.07) is 13.2. The number of amides is 2. The number of carbonyl (C=O) groups is 2. The Kier molecular flexibility index (Phi) is 9.40. The monoisotopic (exact) mass is 531 g/mol. The molecule has 1 aliphatic rings. The maximum Gasteiger partial charge on any atom is 0.416 e. The van der Waals surface area contributed by atoms with Crippen LogP contribution in [0.5, 0.6) is 0 Å². The van der Waals surface area contributed by atoms with E-state index in [4.69, 9.17) is 0 Å². The number of anilines is 2. The number of rotatable bonds is 5. The SMILES string of the molecule is CNc1ncc(C(=O)NC2CCN(C)C2)cc1NC(=O)c1cc(F)cc(C(F)(F)F)c1.Cc1ccccc1. The van der Waals surface area contributed by atoms with Gasteiger partial charge in [-0.25, -0.2) is 9.37 Å². The van der Waals surface area contributed by atoms with E-state index in [1.165, 1.54) is 24.9 Å². The van der Waals surface area contributed by atoms with E-state index in [0.717, 1.165) is 13.0 Å². The lowest BCUT2D eigenvalue weighted by Crippen LogP contribution is -2.36. The number of likely N-dealkylation sites (tertiary alicyclic amines) is 1. The summed E-state index contributed by atoms with van der Waals surface area (Å²) in [6.07, 6.45) is -2.68. The third-order valence-electron chi connectivity index (χ3n) is 5.79. The van der Waals surface area contributed by atoms with Crippen LogP contribution in [0.2, 0.25) is 0 Å². The molecule has 1 fully saturated rings. The predicted octanol–water partition coefficient (Wildman–Crippen LogP) is 4.96. The topological polar surface area (TPSA) is 86.4 Å². The standard InChI is InChI=1S/C20H21F4N5O2.C7H8/c1-25-17-16(7-12(9-26-17)19(31)27-15-3-4-29(2)10-15)28-18(30)11-5-13(20(22,23)24)8-14(21)6-11;1-7-5-3-2-4-6-7/h5-9,15H,3-4,10H2,1-2H3,(H,25,26)(H,27,31)(H,28,30);2-6H,1H3. The summed E-state index contributed by atoms with van der Waals surface area (Å²) in [5.41, 5.74) is -0.236. The van der Waals surface area contributed by atoms with Crippen molar-refractivity contribution in [3.05, 3.63) is 88.9 Å². The molecule has 1 atom stereocenters. The Morgan fingerprint density at radius 2 is 1.74 bits per heavy atom. The molecule has 2 aromatic carbocycles. The molecule has 1 aliphatic heterocycles. The molecule has 11 heteroatoms. The Morgan fingerprint density at radius 1 is 1.03 bits per heavy atom. The van der Waals surface area contributed by atoms with E-state index in [1.807, 2.05) is 25.2 Å². The quantitative estimate of drug-likeness (QED) is 0.405. The van der Waals surface area contributed by atoms with Gasteiger partial charge in [-0.1, -0.05) is 35.9 Å². The first kappa shape index (κ1) is 28.6. The zero-order chi connectivity index (χ0) is 27.9. The third kappa shape index (κ3) is 8.01. The van der Waals surface area contributed by atoms with Crippen LogP contribution in [0.15, 0.2) is 60.8 Å². The molecular weight excluding hydrogens is 502 g/mol. The van der Waals surface area contributed by atoms with Crippen molar-refractivity contribution >= 4 is 23.3 Å². The van der Waals surface area contributed by atoms with Crippen LogP contribution in [0, 0.1) is 12.7 Å². The molecule has 0 radical (unpaired) electrons. The number of nitrogens with one attached hydrogen (secondary N) is 3. The van der Waals surface area contributed by atoms with Crippen molar-refractivity contribution in [2.24, 2.45) is 0 Å². The van der Waals surface area contributed by atoms with Crippen LogP contribution in [0.3, 0.4) is 0 Å². The first-order valence-electron chi connectivity index (χ1n) is 11.8. The van der Waals surface area contributed by atoms with Crippen molar-refractivity contribution in [1.29, 1.82) is 0 Å². The first-order chi connectivity index (χ1) is 18.0. The highest BCUT2D eigenvalue weighted by Crippen LogP contribution is 2.31. The number of likely N-dealkylation sites (N-methyl/N-ethyl adjacent to an activating group) is 1. The Hall–Kier alpha value is -3.99. The molecule has 1 aromatic heterocycles. The van der Waals surface area contributed by atoms with Crippen molar-refractivity contribution in [3.8, 4) is 0 Å². The second-order valence-corrected chi connectivity index (χ2v) is 8.93. The van der Waals surface area contributed by atoms with Gasteiger partial charge in [-0.15, -0.1) is 0 Å². The number of pyridine rings is 1. The molecular formula is C27H29F4N5O2. The molecule has 202 valence electrons. The van der Waals surface area contributed by atoms with Gasteiger partial charge in [-0.05, 0) is 51.2 Å². The number of benzene rings is 2. The summed E-state index contributed by atoms with van der Waals surface area (Å²) < 4.78 is 52.4. The number of hydrogen-bond acceptors (Lipinski definition) is 5. The fraction of sp³-hybridized carbons (Fsp3) is 0.296. The van der Waals surface area contributed by atoms with Crippen LogP contribution in [-0.2, 0) is 6.18 Å². The van der Waals surface area contributed by atoms with Crippen molar-refractivity contribution < 1.29 is 27.2 Å². The van der Waals surface area contributed by atoms with Gasteiger partial charge >= 0.3 is 6.18 Å². The van der Waals surface area contributed by atoms with E-state index in [1.54, 1.807) is 0 Å². The van der Waals surface area contributed by atoms with Crippen LogP contribution >= 0.6 is 0 Å². The molecule has 0 spiro atoms. The lowest BCUT2D eigenvalue weighted by atomic mass is 10.1. The maximum atomic E-state index is 13.6. The van der Waals surface area contributed by atoms with E-state index in [0.29, 0.717) is 24.7 Å². The molecule has 2 amide bonds. The third-order valence-corrected chi connectivity index (χ3v) is 5.79. The lowest BCUT2D eigenvalue weighted by molar-refractivity contribution is -0.137. The molecule has 4 rings (SSSR count). The minimum atomic E-state index is -4.80. The fourth-order valence-electron chi connectivity index (χ4n) is 3.82. The zero-order valence-corrected chi connectivity index (χ0v) is 21.2. The molecule has 0 aliphatic carbocycles. The maximum absolute atomic E-state index is 13.6. The molecule has 3 aromatic rings. The normalized spacial score (nSPS) is 15.3. The largest absolute Gasteiger partial charge is 0.416 e. The van der Waals surface area contributed by atoms with Gasteiger partial charge in [0.15, 0.2) is 0 Å². The molecule has 0 bridgehead atoms. The Balaban J connectivity index is 0.000000494. The Bertz CT molecular complexity index is 1270. The molecule has 3 N–H and O–H groups in total. The number of alkyl halides is 3. The minimum absolute atomic E-state index is 0.0207. The number of hydrogen-bond donors (Lipinski definition) is 3. The van der Waals surface area contributed by atoms with Crippen LogP contribution in [-0.4, -0.2) is 54.9 Å². The van der Waals surface area contributed by atoms with E-state index >= 15 is 0 Å². The number of aromatic nitrogens is 1. The van der Waals surface area contributed by atoms with Gasteiger partial charge in [0.1, 0.15) is 11.6 Å². The van der Waals surface area contributed by atoms with E-state index in [9.17, 15) is 27.2 Å². The number of carbonyl (C=O) groups excluding carboxylic acids is 2. The molecule has 38 heavy (non-hydrogen) atoms. The number of aryl methyl sites for hydroxylation is 1. The second-order valence-electron chi connectivity index (χ2n) is 8.93. The summed E-state index contributed by atoms with van der Waals surface area (Å²) in [7, 11) is 3.47. The lowest BCUT2D eigenvalue weighted by Gasteiger charge is -2.15. The summed E-state index contributed by atoms with van der Waals surface area (Å²) in [5, 5.41) is 8.00. The molecule has 2 heterocycles. The molecule has 1 unspecified atom stereocenters. The van der Waals surface area contributed by atoms with Crippen molar-refractivity contribution in [2.75, 3.05) is 37.8 Å². The van der Waals surface area contributed by atoms with Gasteiger partial charge < -0.3 is 20.9 Å². The van der Waals surface area contributed by atoms with Gasteiger partial charge in [0.2, 0.25) is 0 Å². The van der Waals surface area contributed by atoms with Crippen LogP contribution < -0.4 is 16.0 Å². The van der Waals surface area contributed by atoms with Crippen molar-refractivity contribution in [2.45, 2.75) is 25.6 Å². The van der Waals surface area contributed by atoms with Crippen molar-refractivity contribution in [3.63, 3.8) is 0 Å². The Morgan fingerprint density at radius 3 is 2.29 bits per heavy atom. The zero-order valence-electron chi connectivity index (χ0n) is 21.2. The highest BCUT2D eigenvalue weighted by molar-refractivity contribution is 6.06. The van der Waals surface area contributed by atoms with Gasteiger partial charge in [0.05, 0.1) is 16.8 Å². The predicted molar refractivity (Wildman–Crippen MR) is 138 cm³/mol. The minimum Gasteiger partial charge on any atom is -0.371 e. The van der Waals surface area contributed by atoms with Gasteiger partial charge in [-0.2, -0.15) is 13.2 Å². The van der Waals surface area contributed by atoms with E-state index in [-0.39, 0.29) is 23.1 Å². The first-order valence-corrected chi connectivity index (χ1v) is 11.8.